The quantitative estimate of drug-likeness (QED) is 0.845. The van der Waals surface area contributed by atoms with E-state index in [-0.39, 0.29) is 17.8 Å². The molecule has 3 nitrogen and oxygen atoms in total. The Hall–Kier alpha value is -1.91. The number of hydrogen-bond donors (Lipinski definition) is 1. The number of benzene rings is 2. The van der Waals surface area contributed by atoms with Crippen LogP contribution in [0.15, 0.2) is 48.5 Å². The fraction of sp³-hybridized carbons (Fsp3) is 0.350. The van der Waals surface area contributed by atoms with Gasteiger partial charge in [-0.25, -0.2) is 4.39 Å². The van der Waals surface area contributed by atoms with E-state index in [1.165, 1.54) is 12.1 Å². The van der Waals surface area contributed by atoms with Crippen LogP contribution in [0.25, 0.3) is 0 Å². The molecule has 132 valence electrons. The highest BCUT2D eigenvalue weighted by atomic mass is 35.5. The first-order chi connectivity index (χ1) is 12.1. The summed E-state index contributed by atoms with van der Waals surface area (Å²) < 4.78 is 13.2. The second-order valence-electron chi connectivity index (χ2n) is 6.42. The first kappa shape index (κ1) is 17.9. The Morgan fingerprint density at radius 1 is 1.08 bits per heavy atom. The zero-order valence-corrected chi connectivity index (χ0v) is 14.8. The van der Waals surface area contributed by atoms with E-state index in [2.05, 4.69) is 10.2 Å². The smallest absolute Gasteiger partial charge is 0.224 e. The van der Waals surface area contributed by atoms with Gasteiger partial charge < -0.3 is 5.32 Å². The molecule has 1 saturated heterocycles. The van der Waals surface area contributed by atoms with Gasteiger partial charge in [0.05, 0.1) is 12.5 Å². The van der Waals surface area contributed by atoms with Crippen molar-refractivity contribution >= 4 is 17.5 Å². The van der Waals surface area contributed by atoms with E-state index in [1.54, 1.807) is 12.1 Å². The maximum atomic E-state index is 13.2. The SMILES string of the molecule is O=C(Cc1ccc(Cl)cc1)NCC(c1ccc(F)cc1)N1CCCC1. The van der Waals surface area contributed by atoms with Crippen molar-refractivity contribution in [3.05, 3.63) is 70.5 Å². The molecule has 1 aliphatic rings. The molecule has 1 amide bonds. The summed E-state index contributed by atoms with van der Waals surface area (Å²) in [5.41, 5.74) is 1.97. The van der Waals surface area contributed by atoms with Crippen molar-refractivity contribution in [2.75, 3.05) is 19.6 Å². The predicted molar refractivity (Wildman–Crippen MR) is 98.1 cm³/mol. The van der Waals surface area contributed by atoms with Crippen LogP contribution in [0.2, 0.25) is 5.02 Å². The molecule has 2 aromatic carbocycles. The molecule has 1 heterocycles. The molecule has 0 radical (unpaired) electrons. The van der Waals surface area contributed by atoms with Gasteiger partial charge >= 0.3 is 0 Å². The maximum absolute atomic E-state index is 13.2. The zero-order valence-electron chi connectivity index (χ0n) is 14.1. The van der Waals surface area contributed by atoms with E-state index in [0.29, 0.717) is 18.0 Å². The molecule has 1 atom stereocenters. The Balaban J connectivity index is 1.62. The summed E-state index contributed by atoms with van der Waals surface area (Å²) in [6.45, 7) is 2.54. The van der Waals surface area contributed by atoms with E-state index in [1.807, 2.05) is 24.3 Å². The third-order valence-corrected chi connectivity index (χ3v) is 4.86. The maximum Gasteiger partial charge on any atom is 0.224 e. The van der Waals surface area contributed by atoms with Gasteiger partial charge in [0.25, 0.3) is 0 Å². The lowest BCUT2D eigenvalue weighted by Gasteiger charge is -2.28. The van der Waals surface area contributed by atoms with Crippen molar-refractivity contribution in [2.45, 2.75) is 25.3 Å². The minimum absolute atomic E-state index is 0.0198. The van der Waals surface area contributed by atoms with Crippen LogP contribution < -0.4 is 5.32 Å². The molecule has 1 unspecified atom stereocenters. The minimum Gasteiger partial charge on any atom is -0.354 e. The van der Waals surface area contributed by atoms with Gasteiger partial charge in [-0.3, -0.25) is 9.69 Å². The second-order valence-corrected chi connectivity index (χ2v) is 6.85. The monoisotopic (exact) mass is 360 g/mol. The first-order valence-corrected chi connectivity index (χ1v) is 9.00. The minimum atomic E-state index is -0.240. The van der Waals surface area contributed by atoms with E-state index < -0.39 is 0 Å². The highest BCUT2D eigenvalue weighted by molar-refractivity contribution is 6.30. The van der Waals surface area contributed by atoms with Crippen LogP contribution >= 0.6 is 11.6 Å². The van der Waals surface area contributed by atoms with Gasteiger partial charge in [-0.15, -0.1) is 0 Å². The fourth-order valence-electron chi connectivity index (χ4n) is 3.26. The molecule has 0 saturated carbocycles. The molecule has 0 bridgehead atoms. The van der Waals surface area contributed by atoms with Crippen LogP contribution in [0.1, 0.15) is 30.0 Å². The lowest BCUT2D eigenvalue weighted by Crippen LogP contribution is -2.37. The van der Waals surface area contributed by atoms with Crippen molar-refractivity contribution in [1.82, 2.24) is 10.2 Å². The van der Waals surface area contributed by atoms with Gasteiger partial charge in [0, 0.05) is 11.6 Å². The number of rotatable bonds is 6. The summed E-state index contributed by atoms with van der Waals surface area (Å²) in [5.74, 6) is -0.260. The van der Waals surface area contributed by atoms with Crippen molar-refractivity contribution < 1.29 is 9.18 Å². The number of nitrogens with one attached hydrogen (secondary N) is 1. The highest BCUT2D eigenvalue weighted by Gasteiger charge is 2.24. The number of amides is 1. The standard InChI is InChI=1S/C20H22ClFN2O/c21-17-7-3-15(4-8-17)13-20(25)23-14-19(24-11-1-2-12-24)16-5-9-18(22)10-6-16/h3-10,19H,1-2,11-14H2,(H,23,25). The molecule has 3 rings (SSSR count). The largest absolute Gasteiger partial charge is 0.354 e. The molecule has 0 spiro atoms. The third-order valence-electron chi connectivity index (χ3n) is 4.61. The zero-order chi connectivity index (χ0) is 17.6. The summed E-state index contributed by atoms with van der Waals surface area (Å²) in [7, 11) is 0. The van der Waals surface area contributed by atoms with Gasteiger partial charge in [-0.1, -0.05) is 35.9 Å². The van der Waals surface area contributed by atoms with E-state index in [0.717, 1.165) is 37.1 Å². The van der Waals surface area contributed by atoms with E-state index in [4.69, 9.17) is 11.6 Å². The first-order valence-electron chi connectivity index (χ1n) is 8.62. The fourth-order valence-corrected chi connectivity index (χ4v) is 3.38. The predicted octanol–water partition coefficient (Wildman–Crippen LogP) is 3.97. The summed E-state index contributed by atoms with van der Waals surface area (Å²) in [4.78, 5) is 14.6. The topological polar surface area (TPSA) is 32.3 Å². The molecular weight excluding hydrogens is 339 g/mol. The Morgan fingerprint density at radius 3 is 2.36 bits per heavy atom. The molecule has 2 aromatic rings. The summed E-state index contributed by atoms with van der Waals surface area (Å²) in [6.07, 6.45) is 2.65. The summed E-state index contributed by atoms with van der Waals surface area (Å²) in [6, 6.07) is 14.0. The summed E-state index contributed by atoms with van der Waals surface area (Å²) in [5, 5.41) is 3.69. The molecule has 1 aliphatic heterocycles. The van der Waals surface area contributed by atoms with Crippen molar-refractivity contribution in [2.24, 2.45) is 0 Å². The van der Waals surface area contributed by atoms with Gasteiger partial charge in [0.15, 0.2) is 0 Å². The van der Waals surface area contributed by atoms with Crippen LogP contribution in [0.5, 0.6) is 0 Å². The van der Waals surface area contributed by atoms with E-state index >= 15 is 0 Å². The van der Waals surface area contributed by atoms with Gasteiger partial charge in [-0.2, -0.15) is 0 Å². The van der Waals surface area contributed by atoms with Crippen LogP contribution in [0.4, 0.5) is 4.39 Å². The van der Waals surface area contributed by atoms with E-state index in [9.17, 15) is 9.18 Å². The average molecular weight is 361 g/mol. The normalized spacial score (nSPS) is 15.9. The molecule has 0 aliphatic carbocycles. The van der Waals surface area contributed by atoms with Gasteiger partial charge in [0.1, 0.15) is 5.82 Å². The van der Waals surface area contributed by atoms with Crippen molar-refractivity contribution in [1.29, 1.82) is 0 Å². The van der Waals surface area contributed by atoms with Gasteiger partial charge in [-0.05, 0) is 61.3 Å². The third kappa shape index (κ3) is 5.03. The molecule has 1 fully saturated rings. The van der Waals surface area contributed by atoms with Crippen LogP contribution in [0.3, 0.4) is 0 Å². The number of halogens is 2. The number of nitrogens with zero attached hydrogens (tertiary/aromatic N) is 1. The average Bonchev–Trinajstić information content (AvgIpc) is 3.13. The van der Waals surface area contributed by atoms with Crippen LogP contribution in [-0.2, 0) is 11.2 Å². The molecular formula is C20H22ClFN2O. The van der Waals surface area contributed by atoms with Crippen LogP contribution in [-0.4, -0.2) is 30.4 Å². The van der Waals surface area contributed by atoms with Gasteiger partial charge in [0.2, 0.25) is 5.91 Å². The van der Waals surface area contributed by atoms with Crippen molar-refractivity contribution in [3.8, 4) is 0 Å². The molecule has 0 aromatic heterocycles. The highest BCUT2D eigenvalue weighted by Crippen LogP contribution is 2.24. The molecule has 1 N–H and O–H groups in total. The molecule has 25 heavy (non-hydrogen) atoms. The molecule has 5 heteroatoms. The van der Waals surface area contributed by atoms with Crippen molar-refractivity contribution in [3.63, 3.8) is 0 Å². The number of likely N-dealkylation sites (tertiary alicyclic amines) is 1. The lowest BCUT2D eigenvalue weighted by atomic mass is 10.0. The number of carbonyl (C=O) groups excluding carboxylic acids is 1. The summed E-state index contributed by atoms with van der Waals surface area (Å²) >= 11 is 5.87. The Labute approximate surface area is 152 Å². The Morgan fingerprint density at radius 2 is 1.72 bits per heavy atom. The Kier molecular flexibility index (Phi) is 6.05. The number of carbonyl (C=O) groups is 1. The lowest BCUT2D eigenvalue weighted by molar-refractivity contribution is -0.120. The van der Waals surface area contributed by atoms with Crippen LogP contribution in [0, 0.1) is 5.82 Å². The number of hydrogen-bond acceptors (Lipinski definition) is 2. The Bertz CT molecular complexity index is 697. The second kappa shape index (κ2) is 8.45.